The van der Waals surface area contributed by atoms with Crippen molar-refractivity contribution in [3.63, 3.8) is 0 Å². The number of fused-ring (bicyclic) bond motifs is 1. The van der Waals surface area contributed by atoms with Crippen LogP contribution in [0.15, 0.2) is 59.5 Å². The minimum Gasteiger partial charge on any atom is -0.404 e. The Kier molecular flexibility index (Phi) is 5.95. The molecule has 11 heteroatoms. The monoisotopic (exact) mass is 466 g/mol. The van der Waals surface area contributed by atoms with Gasteiger partial charge in [-0.25, -0.2) is 8.42 Å². The minimum absolute atomic E-state index is 0.110. The molecule has 0 saturated carbocycles. The predicted molar refractivity (Wildman–Crippen MR) is 109 cm³/mol. The van der Waals surface area contributed by atoms with Gasteiger partial charge in [-0.1, -0.05) is 42.5 Å². The van der Waals surface area contributed by atoms with Crippen LogP contribution in [-0.4, -0.2) is 39.9 Å². The topological polar surface area (TPSA) is 77.3 Å². The van der Waals surface area contributed by atoms with E-state index in [0.717, 1.165) is 17.7 Å². The summed E-state index contributed by atoms with van der Waals surface area (Å²) in [5.41, 5.74) is 0.923. The summed E-state index contributed by atoms with van der Waals surface area (Å²) in [6.07, 6.45) is -4.17. The van der Waals surface area contributed by atoms with E-state index < -0.39 is 33.1 Å². The summed E-state index contributed by atoms with van der Waals surface area (Å²) in [6, 6.07) is 13.6. The highest BCUT2D eigenvalue weighted by Crippen LogP contribution is 2.34. The van der Waals surface area contributed by atoms with Gasteiger partial charge < -0.3 is 9.30 Å². The first kappa shape index (κ1) is 22.3. The zero-order valence-corrected chi connectivity index (χ0v) is 18.0. The zero-order chi connectivity index (χ0) is 22.9. The van der Waals surface area contributed by atoms with Gasteiger partial charge in [0.15, 0.2) is 0 Å². The van der Waals surface area contributed by atoms with Gasteiger partial charge in [0, 0.05) is 12.6 Å². The molecule has 0 saturated heterocycles. The molecule has 1 aromatic heterocycles. The van der Waals surface area contributed by atoms with Gasteiger partial charge in [0.2, 0.25) is 10.0 Å². The molecule has 0 N–H and O–H groups in total. The number of aromatic nitrogens is 3. The average Bonchev–Trinajstić information content (AvgIpc) is 2.97. The van der Waals surface area contributed by atoms with E-state index in [9.17, 15) is 21.6 Å². The second kappa shape index (κ2) is 8.55. The maximum atomic E-state index is 13.7. The molecule has 1 aliphatic heterocycles. The van der Waals surface area contributed by atoms with Crippen LogP contribution in [0.1, 0.15) is 23.6 Å². The van der Waals surface area contributed by atoms with Gasteiger partial charge in [-0.15, -0.1) is 23.4 Å². The van der Waals surface area contributed by atoms with Gasteiger partial charge in [0.05, 0.1) is 6.54 Å². The lowest BCUT2D eigenvalue weighted by atomic mass is 10.0. The molecule has 0 aliphatic carbocycles. The lowest BCUT2D eigenvalue weighted by molar-refractivity contribution is -0.275. The van der Waals surface area contributed by atoms with Crippen molar-refractivity contribution in [3.8, 4) is 5.75 Å². The standard InChI is InChI=1S/C21H21F3N4O3S/c1-15-25-26-20-14-28(17(11-12-27(15)20)13-16-7-3-2-4-8-16)32(29,30)19-10-6-5-9-18(19)31-21(22,23)24/h2-10,17H,11-14H2,1H3/t17-/m0/s1. The Hall–Kier alpha value is -2.92. The van der Waals surface area contributed by atoms with Crippen molar-refractivity contribution in [2.24, 2.45) is 0 Å². The fourth-order valence-electron chi connectivity index (χ4n) is 3.89. The molecule has 1 atom stereocenters. The van der Waals surface area contributed by atoms with Gasteiger partial charge in [-0.3, -0.25) is 0 Å². The van der Waals surface area contributed by atoms with E-state index in [4.69, 9.17) is 0 Å². The maximum Gasteiger partial charge on any atom is 0.573 e. The molecule has 0 radical (unpaired) electrons. The second-order valence-corrected chi connectivity index (χ2v) is 9.35. The van der Waals surface area contributed by atoms with Crippen molar-refractivity contribution < 1.29 is 26.3 Å². The van der Waals surface area contributed by atoms with Crippen molar-refractivity contribution in [1.82, 2.24) is 19.1 Å². The summed E-state index contributed by atoms with van der Waals surface area (Å²) < 4.78 is 73.2. The molecule has 2 aromatic carbocycles. The van der Waals surface area contributed by atoms with Crippen LogP contribution >= 0.6 is 0 Å². The summed E-state index contributed by atoms with van der Waals surface area (Å²) >= 11 is 0. The molecule has 3 aromatic rings. The Morgan fingerprint density at radius 2 is 1.75 bits per heavy atom. The highest BCUT2D eigenvalue weighted by atomic mass is 32.2. The molecule has 4 rings (SSSR count). The summed E-state index contributed by atoms with van der Waals surface area (Å²) in [4.78, 5) is -0.542. The smallest absolute Gasteiger partial charge is 0.404 e. The molecule has 170 valence electrons. The van der Waals surface area contributed by atoms with Crippen LogP contribution in [0.3, 0.4) is 0 Å². The lowest BCUT2D eigenvalue weighted by Gasteiger charge is -2.29. The number of hydrogen-bond donors (Lipinski definition) is 0. The van der Waals surface area contributed by atoms with Gasteiger partial charge in [0.25, 0.3) is 0 Å². The Bertz CT molecular complexity index is 1200. The van der Waals surface area contributed by atoms with E-state index in [-0.39, 0.29) is 6.54 Å². The average molecular weight is 466 g/mol. The number of benzene rings is 2. The Labute approximate surface area is 183 Å². The molecule has 0 spiro atoms. The van der Waals surface area contributed by atoms with E-state index in [1.807, 2.05) is 34.9 Å². The Morgan fingerprint density at radius 3 is 2.47 bits per heavy atom. The predicted octanol–water partition coefficient (Wildman–Crippen LogP) is 3.69. The minimum atomic E-state index is -5.02. The summed E-state index contributed by atoms with van der Waals surface area (Å²) in [7, 11) is -4.36. The molecule has 0 fully saturated rings. The third kappa shape index (κ3) is 4.63. The highest BCUT2D eigenvalue weighted by molar-refractivity contribution is 7.89. The lowest BCUT2D eigenvalue weighted by Crippen LogP contribution is -2.40. The fourth-order valence-corrected chi connectivity index (χ4v) is 5.62. The molecule has 32 heavy (non-hydrogen) atoms. The van der Waals surface area contributed by atoms with Crippen LogP contribution in [0.4, 0.5) is 13.2 Å². The first-order valence-corrected chi connectivity index (χ1v) is 11.4. The van der Waals surface area contributed by atoms with Crippen molar-refractivity contribution in [2.75, 3.05) is 0 Å². The Morgan fingerprint density at radius 1 is 1.06 bits per heavy atom. The van der Waals surface area contributed by atoms with Gasteiger partial charge in [-0.05, 0) is 37.5 Å². The molecule has 2 heterocycles. The number of nitrogens with zero attached hydrogens (tertiary/aromatic N) is 4. The number of aryl methyl sites for hydroxylation is 1. The fraction of sp³-hybridized carbons (Fsp3) is 0.333. The third-order valence-electron chi connectivity index (χ3n) is 5.38. The molecule has 0 amide bonds. The maximum absolute atomic E-state index is 13.7. The largest absolute Gasteiger partial charge is 0.573 e. The summed E-state index contributed by atoms with van der Waals surface area (Å²) in [5.74, 6) is 0.328. The summed E-state index contributed by atoms with van der Waals surface area (Å²) in [6.45, 7) is 2.17. The normalized spacial score (nSPS) is 17.6. The first-order chi connectivity index (χ1) is 15.1. The third-order valence-corrected chi connectivity index (χ3v) is 7.32. The number of hydrogen-bond acceptors (Lipinski definition) is 5. The number of sulfonamides is 1. The molecule has 0 bridgehead atoms. The number of halogens is 3. The summed E-state index contributed by atoms with van der Waals surface area (Å²) in [5, 5.41) is 8.11. The van der Waals surface area contributed by atoms with Crippen LogP contribution < -0.4 is 4.74 Å². The number of ether oxygens (including phenoxy) is 1. The van der Waals surface area contributed by atoms with Crippen LogP contribution in [-0.2, 0) is 29.5 Å². The number of rotatable bonds is 5. The Balaban J connectivity index is 1.77. The van der Waals surface area contributed by atoms with E-state index in [2.05, 4.69) is 14.9 Å². The quantitative estimate of drug-likeness (QED) is 0.573. The van der Waals surface area contributed by atoms with Crippen molar-refractivity contribution in [2.45, 2.75) is 50.2 Å². The van der Waals surface area contributed by atoms with Crippen LogP contribution in [0.25, 0.3) is 0 Å². The van der Waals surface area contributed by atoms with Crippen LogP contribution in [0.5, 0.6) is 5.75 Å². The molecular weight excluding hydrogens is 445 g/mol. The molecule has 7 nitrogen and oxygen atoms in total. The molecular formula is C21H21F3N4O3S. The molecule has 1 aliphatic rings. The van der Waals surface area contributed by atoms with E-state index in [0.29, 0.717) is 31.0 Å². The van der Waals surface area contributed by atoms with Crippen molar-refractivity contribution >= 4 is 10.0 Å². The van der Waals surface area contributed by atoms with E-state index in [1.165, 1.54) is 16.4 Å². The van der Waals surface area contributed by atoms with E-state index >= 15 is 0 Å². The van der Waals surface area contributed by atoms with Crippen molar-refractivity contribution in [3.05, 3.63) is 71.8 Å². The molecule has 0 unspecified atom stereocenters. The highest BCUT2D eigenvalue weighted by Gasteiger charge is 2.39. The van der Waals surface area contributed by atoms with Gasteiger partial charge >= 0.3 is 6.36 Å². The number of para-hydroxylation sites is 1. The van der Waals surface area contributed by atoms with Crippen molar-refractivity contribution in [1.29, 1.82) is 0 Å². The second-order valence-electron chi connectivity index (χ2n) is 7.49. The van der Waals surface area contributed by atoms with E-state index in [1.54, 1.807) is 6.92 Å². The van der Waals surface area contributed by atoms with Gasteiger partial charge in [-0.2, -0.15) is 4.31 Å². The van der Waals surface area contributed by atoms with Crippen LogP contribution in [0.2, 0.25) is 0 Å². The first-order valence-electron chi connectivity index (χ1n) is 9.94. The SMILES string of the molecule is Cc1nnc2n1CC[C@@H](Cc1ccccc1)N(S(=O)(=O)c1ccccc1OC(F)(F)F)C2. The van der Waals surface area contributed by atoms with Crippen LogP contribution in [0, 0.1) is 6.92 Å². The number of alkyl halides is 3. The van der Waals surface area contributed by atoms with Gasteiger partial charge in [0.1, 0.15) is 22.3 Å². The zero-order valence-electron chi connectivity index (χ0n) is 17.2.